The van der Waals surface area contributed by atoms with Gasteiger partial charge < -0.3 is 9.47 Å². The smallest absolute Gasteiger partial charge is 0.227 e. The van der Waals surface area contributed by atoms with E-state index in [1.54, 1.807) is 12.4 Å². The summed E-state index contributed by atoms with van der Waals surface area (Å²) in [6.07, 6.45) is 13.5. The minimum Gasteiger partial charge on any atom is -0.342 e. The molecular weight excluding hydrogens is 338 g/mol. The largest absolute Gasteiger partial charge is 0.342 e. The maximum atomic E-state index is 12.7. The van der Waals surface area contributed by atoms with Crippen molar-refractivity contribution in [1.29, 1.82) is 0 Å². The van der Waals surface area contributed by atoms with Crippen molar-refractivity contribution in [2.24, 2.45) is 0 Å². The summed E-state index contributed by atoms with van der Waals surface area (Å²) >= 11 is 0. The predicted molar refractivity (Wildman–Crippen MR) is 102 cm³/mol. The Kier molecular flexibility index (Phi) is 5.23. The van der Waals surface area contributed by atoms with Crippen LogP contribution in [0.25, 0.3) is 0 Å². The molecule has 27 heavy (non-hydrogen) atoms. The second-order valence-corrected chi connectivity index (χ2v) is 6.99. The summed E-state index contributed by atoms with van der Waals surface area (Å²) in [7, 11) is 0. The van der Waals surface area contributed by atoms with Crippen LogP contribution in [0.2, 0.25) is 0 Å². The maximum Gasteiger partial charge on any atom is 0.227 e. The van der Waals surface area contributed by atoms with Crippen LogP contribution in [0.15, 0.2) is 61.4 Å². The van der Waals surface area contributed by atoms with Crippen molar-refractivity contribution in [1.82, 2.24) is 24.4 Å². The minimum absolute atomic E-state index is 0.167. The number of carbonyl (C=O) groups is 1. The number of piperidine rings is 1. The van der Waals surface area contributed by atoms with Crippen molar-refractivity contribution >= 4 is 5.91 Å². The molecule has 6 heteroatoms. The Labute approximate surface area is 158 Å². The van der Waals surface area contributed by atoms with Crippen LogP contribution in [0.1, 0.15) is 35.7 Å². The third kappa shape index (κ3) is 4.22. The van der Waals surface area contributed by atoms with E-state index in [1.165, 1.54) is 5.56 Å². The predicted octanol–water partition coefficient (Wildman–Crippen LogP) is 2.67. The zero-order valence-electron chi connectivity index (χ0n) is 15.2. The summed E-state index contributed by atoms with van der Waals surface area (Å²) in [6, 6.07) is 7.87. The molecule has 0 aromatic carbocycles. The van der Waals surface area contributed by atoms with Gasteiger partial charge in [-0.05, 0) is 42.2 Å². The Hall–Kier alpha value is -3.02. The fourth-order valence-electron chi connectivity index (χ4n) is 3.70. The number of rotatable bonds is 5. The molecule has 0 saturated carbocycles. The van der Waals surface area contributed by atoms with Gasteiger partial charge in [0.1, 0.15) is 5.82 Å². The first-order chi connectivity index (χ1) is 13.3. The third-order valence-electron chi connectivity index (χ3n) is 5.07. The molecule has 1 fully saturated rings. The van der Waals surface area contributed by atoms with E-state index < -0.39 is 0 Å². The number of likely N-dealkylation sites (tertiary alicyclic amines) is 1. The van der Waals surface area contributed by atoms with Crippen molar-refractivity contribution in [3.05, 3.63) is 78.4 Å². The lowest BCUT2D eigenvalue weighted by atomic mass is 9.96. The van der Waals surface area contributed by atoms with E-state index >= 15 is 0 Å². The van der Waals surface area contributed by atoms with Crippen LogP contribution in [0.4, 0.5) is 0 Å². The highest BCUT2D eigenvalue weighted by atomic mass is 16.2. The minimum atomic E-state index is 0.167. The lowest BCUT2D eigenvalue weighted by Crippen LogP contribution is -2.40. The Morgan fingerprint density at radius 1 is 1.07 bits per heavy atom. The van der Waals surface area contributed by atoms with Crippen molar-refractivity contribution in [3.63, 3.8) is 0 Å². The fraction of sp³-hybridized carbons (Fsp3) is 0.333. The number of pyridine rings is 2. The van der Waals surface area contributed by atoms with Gasteiger partial charge in [-0.3, -0.25) is 14.8 Å². The van der Waals surface area contributed by atoms with Gasteiger partial charge in [-0.1, -0.05) is 6.07 Å². The number of imidazole rings is 1. The Bertz CT molecular complexity index is 878. The molecule has 3 aromatic heterocycles. The second-order valence-electron chi connectivity index (χ2n) is 6.99. The van der Waals surface area contributed by atoms with Gasteiger partial charge in [-0.2, -0.15) is 0 Å². The van der Waals surface area contributed by atoms with E-state index in [0.717, 1.165) is 43.9 Å². The molecule has 1 unspecified atom stereocenters. The van der Waals surface area contributed by atoms with Crippen molar-refractivity contribution < 1.29 is 4.79 Å². The highest BCUT2D eigenvalue weighted by Crippen LogP contribution is 2.26. The number of nitrogens with zero attached hydrogens (tertiary/aromatic N) is 5. The molecule has 6 nitrogen and oxygen atoms in total. The highest BCUT2D eigenvalue weighted by molar-refractivity contribution is 5.78. The molecule has 4 rings (SSSR count). The van der Waals surface area contributed by atoms with E-state index in [-0.39, 0.29) is 11.8 Å². The van der Waals surface area contributed by atoms with E-state index in [4.69, 9.17) is 0 Å². The van der Waals surface area contributed by atoms with Gasteiger partial charge in [-0.15, -0.1) is 0 Å². The average molecular weight is 361 g/mol. The molecule has 0 bridgehead atoms. The van der Waals surface area contributed by atoms with E-state index in [0.29, 0.717) is 6.42 Å². The fourth-order valence-corrected chi connectivity index (χ4v) is 3.70. The zero-order chi connectivity index (χ0) is 18.5. The molecule has 1 aliphatic heterocycles. The van der Waals surface area contributed by atoms with E-state index in [9.17, 15) is 4.79 Å². The number of hydrogen-bond donors (Lipinski definition) is 0. The maximum absolute atomic E-state index is 12.7. The Balaban J connectivity index is 1.44. The van der Waals surface area contributed by atoms with Gasteiger partial charge in [-0.25, -0.2) is 4.98 Å². The van der Waals surface area contributed by atoms with Crippen molar-refractivity contribution in [3.8, 4) is 0 Å². The van der Waals surface area contributed by atoms with Crippen LogP contribution >= 0.6 is 0 Å². The summed E-state index contributed by atoms with van der Waals surface area (Å²) in [4.78, 5) is 27.5. The highest BCUT2D eigenvalue weighted by Gasteiger charge is 2.27. The molecule has 0 aliphatic carbocycles. The monoisotopic (exact) mass is 361 g/mol. The summed E-state index contributed by atoms with van der Waals surface area (Å²) < 4.78 is 2.19. The van der Waals surface area contributed by atoms with E-state index in [2.05, 4.69) is 19.5 Å². The Morgan fingerprint density at radius 3 is 2.78 bits per heavy atom. The molecule has 3 aromatic rings. The van der Waals surface area contributed by atoms with Crippen LogP contribution in [0, 0.1) is 0 Å². The molecule has 1 aliphatic rings. The standard InChI is InChI=1S/C21H23N5O/c27-20(13-18-3-1-7-23-14-18)25-11-2-4-19(16-25)21-24-10-12-26(21)15-17-5-8-22-9-6-17/h1,3,5-10,12,14,19H,2,4,11,13,15-16H2. The summed E-state index contributed by atoms with van der Waals surface area (Å²) in [5.74, 6) is 1.50. The van der Waals surface area contributed by atoms with Crippen LogP contribution < -0.4 is 0 Å². The molecule has 0 spiro atoms. The van der Waals surface area contributed by atoms with Crippen LogP contribution in [0.3, 0.4) is 0 Å². The van der Waals surface area contributed by atoms with Gasteiger partial charge in [0.25, 0.3) is 0 Å². The molecule has 0 N–H and O–H groups in total. The third-order valence-corrected chi connectivity index (χ3v) is 5.07. The van der Waals surface area contributed by atoms with Crippen LogP contribution in [0.5, 0.6) is 0 Å². The molecule has 1 amide bonds. The van der Waals surface area contributed by atoms with Crippen LogP contribution in [-0.2, 0) is 17.8 Å². The summed E-state index contributed by atoms with van der Waals surface area (Å²) in [5.41, 5.74) is 2.16. The second kappa shape index (κ2) is 8.12. The van der Waals surface area contributed by atoms with Crippen molar-refractivity contribution in [2.45, 2.75) is 31.7 Å². The van der Waals surface area contributed by atoms with Gasteiger partial charge in [0.2, 0.25) is 5.91 Å². The van der Waals surface area contributed by atoms with Gasteiger partial charge in [0.15, 0.2) is 0 Å². The summed E-state index contributed by atoms with van der Waals surface area (Å²) in [5, 5.41) is 0. The first kappa shape index (κ1) is 17.4. The molecule has 4 heterocycles. The van der Waals surface area contributed by atoms with Gasteiger partial charge >= 0.3 is 0 Å². The number of carbonyl (C=O) groups excluding carboxylic acids is 1. The molecule has 0 radical (unpaired) electrons. The molecule has 1 atom stereocenters. The van der Waals surface area contributed by atoms with E-state index in [1.807, 2.05) is 54.0 Å². The first-order valence-electron chi connectivity index (χ1n) is 9.36. The summed E-state index contributed by atoms with van der Waals surface area (Å²) in [6.45, 7) is 2.32. The first-order valence-corrected chi connectivity index (χ1v) is 9.36. The number of hydrogen-bond acceptors (Lipinski definition) is 4. The van der Waals surface area contributed by atoms with Gasteiger partial charge in [0, 0.05) is 62.7 Å². The normalized spacial score (nSPS) is 17.0. The lowest BCUT2D eigenvalue weighted by Gasteiger charge is -2.33. The molecular formula is C21H23N5O. The van der Waals surface area contributed by atoms with Crippen LogP contribution in [-0.4, -0.2) is 43.4 Å². The lowest BCUT2D eigenvalue weighted by molar-refractivity contribution is -0.131. The Morgan fingerprint density at radius 2 is 1.96 bits per heavy atom. The average Bonchev–Trinajstić information content (AvgIpc) is 3.18. The SMILES string of the molecule is O=C(Cc1cccnc1)N1CCCC(c2nccn2Cc2ccncc2)C1. The topological polar surface area (TPSA) is 63.9 Å². The zero-order valence-corrected chi connectivity index (χ0v) is 15.2. The number of aromatic nitrogens is 4. The molecule has 1 saturated heterocycles. The van der Waals surface area contributed by atoms with Gasteiger partial charge in [0.05, 0.1) is 6.42 Å². The number of amides is 1. The molecule has 138 valence electrons. The van der Waals surface area contributed by atoms with Crippen molar-refractivity contribution in [2.75, 3.05) is 13.1 Å². The quantitative estimate of drug-likeness (QED) is 0.701.